The molecule has 1 aliphatic heterocycles. The molecule has 1 atom stereocenters. The molecule has 0 unspecified atom stereocenters. The minimum absolute atomic E-state index is 0.603. The van der Waals surface area contributed by atoms with Crippen LogP contribution < -0.4 is 0 Å². The van der Waals surface area contributed by atoms with Crippen molar-refractivity contribution < 1.29 is 0 Å². The molecule has 0 saturated heterocycles. The maximum absolute atomic E-state index is 2.75. The van der Waals surface area contributed by atoms with Crippen LogP contribution in [-0.2, 0) is 19.5 Å². The van der Waals surface area contributed by atoms with Gasteiger partial charge in [0.15, 0.2) is 0 Å². The topological polar surface area (TPSA) is 8.17 Å². The summed E-state index contributed by atoms with van der Waals surface area (Å²) in [5.41, 5.74) is 6.13. The van der Waals surface area contributed by atoms with Gasteiger partial charge in [0.2, 0.25) is 0 Å². The molecule has 3 heteroatoms. The molecule has 5 rings (SSSR count). The third-order valence-electron chi connectivity index (χ3n) is 5.79. The average molecular weight is 337 g/mol. The molecule has 1 aliphatic carbocycles. The Bertz CT molecular complexity index is 871. The van der Waals surface area contributed by atoms with E-state index in [0.717, 1.165) is 6.54 Å². The Morgan fingerprint density at radius 2 is 2.12 bits per heavy atom. The fraction of sp³-hybridized carbons (Fsp3) is 0.429. The van der Waals surface area contributed by atoms with Crippen molar-refractivity contribution in [3.05, 3.63) is 57.4 Å². The first-order chi connectivity index (χ1) is 11.8. The highest BCUT2D eigenvalue weighted by Gasteiger charge is 2.33. The molecule has 0 saturated carbocycles. The number of aromatic nitrogens is 1. The Balaban J connectivity index is 1.64. The number of rotatable bonds is 2. The van der Waals surface area contributed by atoms with Crippen LogP contribution in [0.3, 0.4) is 0 Å². The van der Waals surface area contributed by atoms with Crippen molar-refractivity contribution in [2.75, 3.05) is 6.54 Å². The van der Waals surface area contributed by atoms with E-state index in [4.69, 9.17) is 0 Å². The second kappa shape index (κ2) is 5.75. The molecule has 0 spiro atoms. The molecule has 0 radical (unpaired) electrons. The zero-order valence-corrected chi connectivity index (χ0v) is 15.1. The van der Waals surface area contributed by atoms with Crippen molar-refractivity contribution in [3.63, 3.8) is 0 Å². The van der Waals surface area contributed by atoms with Crippen molar-refractivity contribution in [2.45, 2.75) is 51.7 Å². The minimum Gasteiger partial charge on any atom is -0.343 e. The van der Waals surface area contributed by atoms with Gasteiger partial charge in [-0.25, -0.2) is 0 Å². The number of nitrogens with zero attached hydrogens (tertiary/aromatic N) is 2. The highest BCUT2D eigenvalue weighted by Crippen LogP contribution is 2.42. The third kappa shape index (κ3) is 2.26. The lowest BCUT2D eigenvalue weighted by Gasteiger charge is -2.33. The fourth-order valence-electron chi connectivity index (χ4n) is 4.79. The van der Waals surface area contributed by atoms with Gasteiger partial charge >= 0.3 is 0 Å². The zero-order chi connectivity index (χ0) is 16.1. The molecular formula is C21H24N2S. The van der Waals surface area contributed by atoms with E-state index in [-0.39, 0.29) is 0 Å². The molecule has 0 fully saturated rings. The first-order valence-electron chi connectivity index (χ1n) is 9.19. The number of aryl methyl sites for hydroxylation is 3. The van der Waals surface area contributed by atoms with E-state index in [1.165, 1.54) is 60.1 Å². The summed E-state index contributed by atoms with van der Waals surface area (Å²) in [4.78, 5) is 4.25. The van der Waals surface area contributed by atoms with Crippen LogP contribution in [0.15, 0.2) is 35.7 Å². The monoisotopic (exact) mass is 336 g/mol. The molecule has 0 bridgehead atoms. The Morgan fingerprint density at radius 1 is 1.17 bits per heavy atom. The largest absolute Gasteiger partial charge is 0.343 e. The van der Waals surface area contributed by atoms with Crippen LogP contribution >= 0.6 is 11.3 Å². The molecular weight excluding hydrogens is 312 g/mol. The highest BCUT2D eigenvalue weighted by atomic mass is 32.1. The molecule has 124 valence electrons. The molecule has 2 aliphatic rings. The third-order valence-corrected chi connectivity index (χ3v) is 6.66. The van der Waals surface area contributed by atoms with Gasteiger partial charge in [-0.05, 0) is 61.7 Å². The van der Waals surface area contributed by atoms with Gasteiger partial charge in [0, 0.05) is 41.1 Å². The zero-order valence-electron chi connectivity index (χ0n) is 14.3. The van der Waals surface area contributed by atoms with E-state index >= 15 is 0 Å². The van der Waals surface area contributed by atoms with Crippen molar-refractivity contribution in [1.29, 1.82) is 0 Å². The Labute approximate surface area is 147 Å². The normalized spacial score (nSPS) is 21.0. The Morgan fingerprint density at radius 3 is 3.00 bits per heavy atom. The van der Waals surface area contributed by atoms with E-state index in [9.17, 15) is 0 Å². The maximum Gasteiger partial charge on any atom is 0.0507 e. The smallest absolute Gasteiger partial charge is 0.0507 e. The van der Waals surface area contributed by atoms with Crippen molar-refractivity contribution in [1.82, 2.24) is 9.47 Å². The number of thiophene rings is 1. The van der Waals surface area contributed by atoms with Gasteiger partial charge in [-0.2, -0.15) is 0 Å². The lowest BCUT2D eigenvalue weighted by molar-refractivity contribution is 0.175. The summed E-state index contributed by atoms with van der Waals surface area (Å²) < 4.78 is 2.66. The molecule has 24 heavy (non-hydrogen) atoms. The number of hydrogen-bond acceptors (Lipinski definition) is 2. The molecule has 2 aromatic heterocycles. The molecule has 0 N–H and O–H groups in total. The first kappa shape index (κ1) is 14.7. The van der Waals surface area contributed by atoms with Gasteiger partial charge in [0.25, 0.3) is 0 Å². The van der Waals surface area contributed by atoms with Crippen LogP contribution in [0.25, 0.3) is 10.9 Å². The van der Waals surface area contributed by atoms with E-state index in [2.05, 4.69) is 52.1 Å². The summed E-state index contributed by atoms with van der Waals surface area (Å²) in [7, 11) is 0. The van der Waals surface area contributed by atoms with Gasteiger partial charge in [-0.15, -0.1) is 11.3 Å². The van der Waals surface area contributed by atoms with Gasteiger partial charge in [-0.3, -0.25) is 4.90 Å². The summed E-state index contributed by atoms with van der Waals surface area (Å²) in [5, 5.41) is 3.73. The van der Waals surface area contributed by atoms with Crippen molar-refractivity contribution in [2.24, 2.45) is 0 Å². The summed E-state index contributed by atoms with van der Waals surface area (Å²) in [6.07, 6.45) is 5.15. The van der Waals surface area contributed by atoms with Crippen LogP contribution in [0.5, 0.6) is 0 Å². The van der Waals surface area contributed by atoms with Crippen LogP contribution in [-0.4, -0.2) is 16.0 Å². The standard InChI is InChI=1S/C21H24N2S/c1-15-8-9-19-18(13-15)17-6-2-7-20-21(17)23(19)11-4-10-22(20)14-16-5-3-12-24-16/h3,5,8-9,12-13,20H,2,4,6-7,10-11,14H2,1H3/t20-/m1/s1. The second-order valence-corrected chi connectivity index (χ2v) is 8.38. The van der Waals surface area contributed by atoms with Gasteiger partial charge < -0.3 is 4.57 Å². The summed E-state index contributed by atoms with van der Waals surface area (Å²) in [6, 6.07) is 12.1. The first-order valence-corrected chi connectivity index (χ1v) is 10.1. The predicted molar refractivity (Wildman–Crippen MR) is 102 cm³/mol. The molecule has 0 amide bonds. The fourth-order valence-corrected chi connectivity index (χ4v) is 5.52. The van der Waals surface area contributed by atoms with Gasteiger partial charge in [-0.1, -0.05) is 17.7 Å². The van der Waals surface area contributed by atoms with Crippen LogP contribution in [0, 0.1) is 6.92 Å². The Kier molecular flexibility index (Phi) is 3.53. The Hall–Kier alpha value is -1.58. The molecule has 1 aromatic carbocycles. The van der Waals surface area contributed by atoms with E-state index in [1.54, 1.807) is 11.3 Å². The number of fused-ring (bicyclic) bond motifs is 3. The summed E-state index contributed by atoms with van der Waals surface area (Å²) in [6.45, 7) is 5.73. The van der Waals surface area contributed by atoms with Crippen LogP contribution in [0.1, 0.15) is 47.0 Å². The minimum atomic E-state index is 0.603. The SMILES string of the molecule is Cc1ccc2c(c1)c1c3n2CCCN(Cc2cccs2)[C@@H]3CCC1. The quantitative estimate of drug-likeness (QED) is 0.617. The number of benzene rings is 1. The highest BCUT2D eigenvalue weighted by molar-refractivity contribution is 7.09. The van der Waals surface area contributed by atoms with Gasteiger partial charge in [0.1, 0.15) is 0 Å². The number of hydrogen-bond donors (Lipinski definition) is 0. The maximum atomic E-state index is 2.75. The van der Waals surface area contributed by atoms with E-state index in [1.807, 2.05) is 11.3 Å². The summed E-state index contributed by atoms with van der Waals surface area (Å²) >= 11 is 1.90. The second-order valence-electron chi connectivity index (χ2n) is 7.35. The molecule has 3 heterocycles. The van der Waals surface area contributed by atoms with E-state index in [0.29, 0.717) is 6.04 Å². The van der Waals surface area contributed by atoms with Gasteiger partial charge in [0.05, 0.1) is 6.04 Å². The average Bonchev–Trinajstić information content (AvgIpc) is 3.15. The lowest BCUT2D eigenvalue weighted by Crippen LogP contribution is -2.30. The van der Waals surface area contributed by atoms with Crippen LogP contribution in [0.4, 0.5) is 0 Å². The van der Waals surface area contributed by atoms with Crippen LogP contribution in [0.2, 0.25) is 0 Å². The predicted octanol–water partition coefficient (Wildman–Crippen LogP) is 5.29. The summed E-state index contributed by atoms with van der Waals surface area (Å²) in [5.74, 6) is 0. The molecule has 3 aromatic rings. The van der Waals surface area contributed by atoms with Crippen molar-refractivity contribution >= 4 is 22.2 Å². The lowest BCUT2D eigenvalue weighted by atomic mass is 9.90. The van der Waals surface area contributed by atoms with Crippen molar-refractivity contribution in [3.8, 4) is 0 Å². The van der Waals surface area contributed by atoms with E-state index < -0.39 is 0 Å². The molecule has 2 nitrogen and oxygen atoms in total.